The van der Waals surface area contributed by atoms with E-state index in [1.165, 1.54) is 14.2 Å². The maximum absolute atomic E-state index is 11.8. The van der Waals surface area contributed by atoms with Gasteiger partial charge in [0.1, 0.15) is 5.82 Å². The lowest BCUT2D eigenvalue weighted by molar-refractivity contribution is 0.355. The van der Waals surface area contributed by atoms with Gasteiger partial charge in [0.2, 0.25) is 0 Å². The van der Waals surface area contributed by atoms with Gasteiger partial charge in [-0.1, -0.05) is 0 Å². The Labute approximate surface area is 114 Å². The average molecular weight is 291 g/mol. The van der Waals surface area contributed by atoms with Gasteiger partial charge >= 0.3 is 0 Å². The fourth-order valence-corrected chi connectivity index (χ4v) is 1.70. The van der Waals surface area contributed by atoms with Crippen molar-refractivity contribution in [3.8, 4) is 11.5 Å². The van der Waals surface area contributed by atoms with E-state index in [0.717, 1.165) is 0 Å². The molecule has 0 saturated carbocycles. The van der Waals surface area contributed by atoms with E-state index < -0.39 is 0 Å². The number of hydrogen-bond donors (Lipinski definition) is 1. The number of ether oxygens (including phenoxy) is 2. The maximum atomic E-state index is 11.8. The first kappa shape index (κ1) is 14.6. The molecule has 1 heterocycles. The van der Waals surface area contributed by atoms with Gasteiger partial charge in [-0.05, 0) is 6.07 Å². The third-order valence-corrected chi connectivity index (χ3v) is 2.64. The lowest BCUT2D eigenvalue weighted by Crippen LogP contribution is -2.11. The summed E-state index contributed by atoms with van der Waals surface area (Å²) >= 11 is 5.64. The van der Waals surface area contributed by atoms with Crippen LogP contribution >= 0.6 is 24.0 Å². The number of nitrogens with one attached hydrogen (secondary N) is 1. The van der Waals surface area contributed by atoms with Crippen molar-refractivity contribution in [2.75, 3.05) is 14.2 Å². The van der Waals surface area contributed by atoms with Crippen LogP contribution in [0, 0.1) is 0 Å². The summed E-state index contributed by atoms with van der Waals surface area (Å²) < 4.78 is 10.3. The minimum atomic E-state index is -0.244. The fourth-order valence-electron chi connectivity index (χ4n) is 1.58. The van der Waals surface area contributed by atoms with Crippen LogP contribution in [0.4, 0.5) is 0 Å². The molecule has 2 aromatic rings. The number of methoxy groups -OCH3 is 2. The predicted molar refractivity (Wildman–Crippen MR) is 72.3 cm³/mol. The Balaban J connectivity index is 0.00000162. The number of nitrogens with zero attached hydrogens (tertiary/aromatic N) is 1. The Bertz CT molecular complexity index is 613. The number of H-pyrrole nitrogens is 1. The fraction of sp³-hybridized carbons (Fsp3) is 0.273. The molecule has 98 valence electrons. The van der Waals surface area contributed by atoms with Gasteiger partial charge in [0.15, 0.2) is 11.5 Å². The van der Waals surface area contributed by atoms with E-state index in [-0.39, 0.29) is 23.8 Å². The van der Waals surface area contributed by atoms with Crippen LogP contribution in [-0.4, -0.2) is 24.2 Å². The second-order valence-corrected chi connectivity index (χ2v) is 3.64. The second kappa shape index (κ2) is 5.93. The molecule has 1 aromatic heterocycles. The van der Waals surface area contributed by atoms with E-state index in [1.54, 1.807) is 12.1 Å². The van der Waals surface area contributed by atoms with E-state index in [2.05, 4.69) is 9.97 Å². The highest BCUT2D eigenvalue weighted by atomic mass is 35.5. The molecule has 0 amide bonds. The topological polar surface area (TPSA) is 64.2 Å². The summed E-state index contributed by atoms with van der Waals surface area (Å²) in [5, 5.41) is 0.441. The molecular formula is C11H12Cl2N2O3. The number of halogens is 2. The Kier molecular flexibility index (Phi) is 4.81. The van der Waals surface area contributed by atoms with Crippen LogP contribution < -0.4 is 15.0 Å². The van der Waals surface area contributed by atoms with Gasteiger partial charge in [0.05, 0.1) is 31.0 Å². The molecule has 0 atom stereocenters. The van der Waals surface area contributed by atoms with Crippen LogP contribution in [0.1, 0.15) is 5.82 Å². The molecule has 0 aliphatic rings. The van der Waals surface area contributed by atoms with E-state index in [4.69, 9.17) is 21.1 Å². The molecule has 0 fully saturated rings. The highest BCUT2D eigenvalue weighted by Crippen LogP contribution is 2.29. The van der Waals surface area contributed by atoms with Crippen LogP contribution in [0.5, 0.6) is 11.5 Å². The molecule has 0 bridgehead atoms. The van der Waals surface area contributed by atoms with Gasteiger partial charge in [-0.15, -0.1) is 24.0 Å². The molecule has 5 nitrogen and oxygen atoms in total. The lowest BCUT2D eigenvalue weighted by atomic mass is 10.2. The number of aromatic amines is 1. The molecule has 18 heavy (non-hydrogen) atoms. The maximum Gasteiger partial charge on any atom is 0.258 e. The number of aromatic nitrogens is 2. The van der Waals surface area contributed by atoms with Crippen LogP contribution in [0.3, 0.4) is 0 Å². The van der Waals surface area contributed by atoms with Crippen molar-refractivity contribution in [3.05, 3.63) is 28.3 Å². The molecule has 0 aliphatic heterocycles. The quantitative estimate of drug-likeness (QED) is 0.880. The number of rotatable bonds is 3. The highest BCUT2D eigenvalue weighted by Gasteiger charge is 2.10. The zero-order valence-corrected chi connectivity index (χ0v) is 11.4. The van der Waals surface area contributed by atoms with Crippen molar-refractivity contribution in [1.29, 1.82) is 0 Å². The van der Waals surface area contributed by atoms with Gasteiger partial charge in [-0.2, -0.15) is 0 Å². The smallest absolute Gasteiger partial charge is 0.258 e. The predicted octanol–water partition coefficient (Wildman–Crippen LogP) is 2.10. The molecule has 0 aliphatic carbocycles. The van der Waals surface area contributed by atoms with Crippen LogP contribution in [-0.2, 0) is 5.88 Å². The first-order chi connectivity index (χ1) is 8.19. The third kappa shape index (κ3) is 2.52. The first-order valence-corrected chi connectivity index (χ1v) is 5.44. The SMILES string of the molecule is COc1cc2nc(CCl)[nH]c(=O)c2cc1OC.Cl. The number of benzene rings is 1. The third-order valence-electron chi connectivity index (χ3n) is 2.39. The molecule has 1 N–H and O–H groups in total. The number of fused-ring (bicyclic) bond motifs is 1. The zero-order valence-electron chi connectivity index (χ0n) is 9.82. The van der Waals surface area contributed by atoms with Crippen LogP contribution in [0.25, 0.3) is 10.9 Å². The molecule has 0 saturated heterocycles. The van der Waals surface area contributed by atoms with E-state index in [1.807, 2.05) is 0 Å². The summed E-state index contributed by atoms with van der Waals surface area (Å²) in [6, 6.07) is 3.25. The Hall–Kier alpha value is -1.46. The summed E-state index contributed by atoms with van der Waals surface area (Å²) in [4.78, 5) is 18.6. The molecule has 2 rings (SSSR count). The van der Waals surface area contributed by atoms with Gasteiger partial charge in [-0.3, -0.25) is 4.79 Å². The Morgan fingerprint density at radius 2 is 1.89 bits per heavy atom. The van der Waals surface area contributed by atoms with Crippen molar-refractivity contribution in [1.82, 2.24) is 9.97 Å². The minimum absolute atomic E-state index is 0. The van der Waals surface area contributed by atoms with E-state index in [9.17, 15) is 4.79 Å². The summed E-state index contributed by atoms with van der Waals surface area (Å²) in [5.74, 6) is 1.60. The standard InChI is InChI=1S/C11H11ClN2O3.ClH/c1-16-8-3-6-7(4-9(8)17-2)13-10(5-12)14-11(6)15;/h3-4H,5H2,1-2H3,(H,13,14,15);1H. The minimum Gasteiger partial charge on any atom is -0.493 e. The Morgan fingerprint density at radius 1 is 1.28 bits per heavy atom. The molecule has 0 radical (unpaired) electrons. The van der Waals surface area contributed by atoms with E-state index >= 15 is 0 Å². The van der Waals surface area contributed by atoms with Crippen molar-refractivity contribution < 1.29 is 9.47 Å². The summed E-state index contributed by atoms with van der Waals surface area (Å²) in [7, 11) is 3.04. The van der Waals surface area contributed by atoms with Gasteiger partial charge in [0, 0.05) is 6.07 Å². The molecule has 0 unspecified atom stereocenters. The number of alkyl halides is 1. The normalized spacial score (nSPS) is 9.94. The molecular weight excluding hydrogens is 279 g/mol. The van der Waals surface area contributed by atoms with Gasteiger partial charge in [0.25, 0.3) is 5.56 Å². The zero-order chi connectivity index (χ0) is 12.4. The first-order valence-electron chi connectivity index (χ1n) is 4.90. The Morgan fingerprint density at radius 3 is 2.44 bits per heavy atom. The van der Waals surface area contributed by atoms with Crippen molar-refractivity contribution in [3.63, 3.8) is 0 Å². The van der Waals surface area contributed by atoms with Crippen molar-refractivity contribution >= 4 is 34.9 Å². The highest BCUT2D eigenvalue weighted by molar-refractivity contribution is 6.16. The lowest BCUT2D eigenvalue weighted by Gasteiger charge is -2.08. The average Bonchev–Trinajstić information content (AvgIpc) is 2.36. The van der Waals surface area contributed by atoms with Crippen LogP contribution in [0.2, 0.25) is 0 Å². The summed E-state index contributed by atoms with van der Waals surface area (Å²) in [5.41, 5.74) is 0.286. The second-order valence-electron chi connectivity index (χ2n) is 3.37. The van der Waals surface area contributed by atoms with Gasteiger partial charge in [-0.25, -0.2) is 4.98 Å². The number of hydrogen-bond acceptors (Lipinski definition) is 4. The monoisotopic (exact) mass is 290 g/mol. The molecule has 0 spiro atoms. The van der Waals surface area contributed by atoms with E-state index in [0.29, 0.717) is 28.2 Å². The largest absolute Gasteiger partial charge is 0.493 e. The molecule has 7 heteroatoms. The summed E-state index contributed by atoms with van der Waals surface area (Å²) in [6.07, 6.45) is 0. The summed E-state index contributed by atoms with van der Waals surface area (Å²) in [6.45, 7) is 0. The van der Waals surface area contributed by atoms with Crippen LogP contribution in [0.15, 0.2) is 16.9 Å². The molecule has 1 aromatic carbocycles. The van der Waals surface area contributed by atoms with Crippen molar-refractivity contribution in [2.24, 2.45) is 0 Å². The van der Waals surface area contributed by atoms with Gasteiger partial charge < -0.3 is 14.5 Å². The van der Waals surface area contributed by atoms with Crippen molar-refractivity contribution in [2.45, 2.75) is 5.88 Å².